The lowest BCUT2D eigenvalue weighted by Crippen LogP contribution is -2.28. The van der Waals surface area contributed by atoms with Crippen LogP contribution >= 0.6 is 0 Å². The zero-order valence-corrected chi connectivity index (χ0v) is 23.1. The van der Waals surface area contributed by atoms with Crippen molar-refractivity contribution in [2.75, 3.05) is 52.0 Å². The van der Waals surface area contributed by atoms with Gasteiger partial charge in [-0.2, -0.15) is 18.2 Å². The highest BCUT2D eigenvalue weighted by Crippen LogP contribution is 2.33. The van der Waals surface area contributed by atoms with Crippen molar-refractivity contribution >= 4 is 28.6 Å². The number of pyridine rings is 1. The van der Waals surface area contributed by atoms with Gasteiger partial charge in [0.05, 0.1) is 23.8 Å². The van der Waals surface area contributed by atoms with Crippen molar-refractivity contribution in [2.24, 2.45) is 0 Å². The number of nitrogens with one attached hydrogen (secondary N) is 2. The first kappa shape index (κ1) is 29.3. The van der Waals surface area contributed by atoms with Gasteiger partial charge >= 0.3 is 6.18 Å². The first-order valence-electron chi connectivity index (χ1n) is 12.5. The summed E-state index contributed by atoms with van der Waals surface area (Å²) in [7, 11) is 6.46. The van der Waals surface area contributed by atoms with Crippen LogP contribution in [0.5, 0.6) is 5.75 Å². The highest BCUT2D eigenvalue weighted by atomic mass is 19.4. The van der Waals surface area contributed by atoms with E-state index in [2.05, 4.69) is 20.6 Å². The SMILES string of the molecule is COc1cc(C(F)(F)F)ccc1C(=O)Nc1ccc(-c2cc3cnc(NCCN(C)C)nc3n(OC)c2=O)c(C)c1. The van der Waals surface area contributed by atoms with E-state index in [4.69, 9.17) is 9.57 Å². The number of hydrogen-bond donors (Lipinski definition) is 2. The Bertz CT molecular complexity index is 1650. The predicted molar refractivity (Wildman–Crippen MR) is 149 cm³/mol. The van der Waals surface area contributed by atoms with E-state index in [9.17, 15) is 22.8 Å². The number of aromatic nitrogens is 3. The fraction of sp³-hybridized carbons (Fsp3) is 0.286. The molecule has 0 unspecified atom stereocenters. The second-order valence-electron chi connectivity index (χ2n) is 9.44. The van der Waals surface area contributed by atoms with E-state index in [0.717, 1.165) is 29.5 Å². The van der Waals surface area contributed by atoms with Crippen molar-refractivity contribution in [2.45, 2.75) is 13.1 Å². The maximum Gasteiger partial charge on any atom is 0.416 e. The first-order chi connectivity index (χ1) is 19.4. The molecule has 0 spiro atoms. The molecule has 0 saturated carbocycles. The van der Waals surface area contributed by atoms with Gasteiger partial charge in [-0.1, -0.05) is 6.07 Å². The third-order valence-corrected chi connectivity index (χ3v) is 6.28. The molecule has 0 aliphatic rings. The maximum atomic E-state index is 13.4. The Morgan fingerprint density at radius 2 is 1.83 bits per heavy atom. The van der Waals surface area contributed by atoms with Crippen molar-refractivity contribution in [1.29, 1.82) is 0 Å². The van der Waals surface area contributed by atoms with E-state index in [0.29, 0.717) is 45.9 Å². The number of likely N-dealkylation sites (N-methyl/N-ethyl adjacent to an activating group) is 1. The smallest absolute Gasteiger partial charge is 0.416 e. The molecule has 2 aromatic carbocycles. The van der Waals surface area contributed by atoms with Gasteiger partial charge < -0.3 is 25.1 Å². The van der Waals surface area contributed by atoms with E-state index in [1.807, 2.05) is 19.0 Å². The van der Waals surface area contributed by atoms with Gasteiger partial charge in [0.25, 0.3) is 11.5 Å². The molecule has 1 amide bonds. The number of rotatable bonds is 9. The van der Waals surface area contributed by atoms with E-state index >= 15 is 0 Å². The molecule has 0 radical (unpaired) electrons. The zero-order chi connectivity index (χ0) is 29.9. The monoisotopic (exact) mass is 570 g/mol. The Kier molecular flexibility index (Phi) is 8.47. The number of carbonyl (C=O) groups excluding carboxylic acids is 1. The summed E-state index contributed by atoms with van der Waals surface area (Å²) in [4.78, 5) is 42.4. The Morgan fingerprint density at radius 3 is 2.46 bits per heavy atom. The molecule has 13 heteroatoms. The number of benzene rings is 2. The van der Waals surface area contributed by atoms with Gasteiger partial charge in [0.15, 0.2) is 5.65 Å². The van der Waals surface area contributed by atoms with Gasteiger partial charge in [-0.15, -0.1) is 4.73 Å². The number of nitrogens with zero attached hydrogens (tertiary/aromatic N) is 4. The molecular weight excluding hydrogens is 541 g/mol. The summed E-state index contributed by atoms with van der Waals surface area (Å²) in [5.74, 6) is -0.499. The standard InChI is InChI=1S/C28H29F3N6O4/c1-16-12-19(34-25(38)21-8-6-18(28(29,30)31)14-23(21)40-4)7-9-20(16)22-13-17-15-33-27(32-10-11-36(2)3)35-24(17)37(41-5)26(22)39/h6-9,12-15H,10-11H2,1-5H3,(H,34,38)(H,32,33,35). The second kappa shape index (κ2) is 11.8. The normalized spacial score (nSPS) is 11.5. The predicted octanol–water partition coefficient (Wildman–Crippen LogP) is 4.08. The maximum absolute atomic E-state index is 13.4. The van der Waals surface area contributed by atoms with E-state index < -0.39 is 23.2 Å². The summed E-state index contributed by atoms with van der Waals surface area (Å²) < 4.78 is 45.3. The molecule has 2 N–H and O–H groups in total. The molecule has 41 heavy (non-hydrogen) atoms. The number of halogens is 3. The topological polar surface area (TPSA) is 111 Å². The molecule has 0 aliphatic carbocycles. The third kappa shape index (κ3) is 6.40. The van der Waals surface area contributed by atoms with Gasteiger partial charge in [0.1, 0.15) is 12.9 Å². The summed E-state index contributed by atoms with van der Waals surface area (Å²) in [5, 5.41) is 6.36. The molecule has 0 aliphatic heterocycles. The molecular formula is C28H29F3N6O4. The molecule has 0 fully saturated rings. The summed E-state index contributed by atoms with van der Waals surface area (Å²) in [6, 6.07) is 9.23. The second-order valence-corrected chi connectivity index (χ2v) is 9.44. The number of amides is 1. The number of methoxy groups -OCH3 is 1. The van der Waals surface area contributed by atoms with Crippen molar-refractivity contribution < 1.29 is 27.5 Å². The van der Waals surface area contributed by atoms with Crippen molar-refractivity contribution in [1.82, 2.24) is 19.6 Å². The van der Waals surface area contributed by atoms with E-state index in [-0.39, 0.29) is 11.3 Å². The lowest BCUT2D eigenvalue weighted by atomic mass is 10.00. The molecule has 216 valence electrons. The third-order valence-electron chi connectivity index (χ3n) is 6.28. The van der Waals surface area contributed by atoms with Gasteiger partial charge in [-0.25, -0.2) is 4.98 Å². The number of ether oxygens (including phenoxy) is 1. The number of alkyl halides is 3. The molecule has 10 nitrogen and oxygen atoms in total. The van der Waals surface area contributed by atoms with Crippen molar-refractivity contribution in [3.05, 3.63) is 75.7 Å². The lowest BCUT2D eigenvalue weighted by Gasteiger charge is -2.15. The number of carbonyl (C=O) groups is 1. The summed E-state index contributed by atoms with van der Waals surface area (Å²) in [6.07, 6.45) is -2.98. The van der Waals surface area contributed by atoms with Crippen LogP contribution in [0.15, 0.2) is 53.5 Å². The van der Waals surface area contributed by atoms with Crippen LogP contribution in [-0.4, -0.2) is 66.9 Å². The Morgan fingerprint density at radius 1 is 1.07 bits per heavy atom. The largest absolute Gasteiger partial charge is 0.496 e. The highest BCUT2D eigenvalue weighted by molar-refractivity contribution is 6.06. The van der Waals surface area contributed by atoms with Crippen LogP contribution in [0.2, 0.25) is 0 Å². The molecule has 0 saturated heterocycles. The minimum Gasteiger partial charge on any atom is -0.496 e. The first-order valence-corrected chi connectivity index (χ1v) is 12.5. The van der Waals surface area contributed by atoms with Gasteiger partial charge in [0.2, 0.25) is 5.95 Å². The number of fused-ring (bicyclic) bond motifs is 1. The molecule has 2 heterocycles. The van der Waals surface area contributed by atoms with Gasteiger partial charge in [0, 0.05) is 30.4 Å². The fourth-order valence-corrected chi connectivity index (χ4v) is 4.21. The summed E-state index contributed by atoms with van der Waals surface area (Å²) in [5.41, 5.74) is 0.827. The number of aryl methyl sites for hydroxylation is 1. The van der Waals surface area contributed by atoms with Crippen LogP contribution in [0.25, 0.3) is 22.2 Å². The van der Waals surface area contributed by atoms with E-state index in [1.165, 1.54) is 14.2 Å². The van der Waals surface area contributed by atoms with Crippen LogP contribution in [-0.2, 0) is 6.18 Å². The van der Waals surface area contributed by atoms with Crippen LogP contribution in [0.1, 0.15) is 21.5 Å². The van der Waals surface area contributed by atoms with Crippen molar-refractivity contribution in [3.63, 3.8) is 0 Å². The Labute approximate surface area is 233 Å². The quantitative estimate of drug-likeness (QED) is 0.310. The van der Waals surface area contributed by atoms with Crippen LogP contribution in [0.4, 0.5) is 24.8 Å². The molecule has 2 aromatic heterocycles. The van der Waals surface area contributed by atoms with Crippen LogP contribution in [0, 0.1) is 6.92 Å². The van der Waals surface area contributed by atoms with E-state index in [1.54, 1.807) is 37.4 Å². The molecule has 4 rings (SSSR count). The summed E-state index contributed by atoms with van der Waals surface area (Å²) in [6.45, 7) is 3.14. The van der Waals surface area contributed by atoms with Gasteiger partial charge in [-0.05, 0) is 68.5 Å². The van der Waals surface area contributed by atoms with Crippen LogP contribution in [0.3, 0.4) is 0 Å². The van der Waals surface area contributed by atoms with Gasteiger partial charge in [-0.3, -0.25) is 9.59 Å². The Hall–Kier alpha value is -4.65. The average molecular weight is 571 g/mol. The lowest BCUT2D eigenvalue weighted by molar-refractivity contribution is -0.137. The molecule has 0 bridgehead atoms. The fourth-order valence-electron chi connectivity index (χ4n) is 4.21. The molecule has 4 aromatic rings. The summed E-state index contributed by atoms with van der Waals surface area (Å²) >= 11 is 0. The van der Waals surface area contributed by atoms with Crippen molar-refractivity contribution in [3.8, 4) is 16.9 Å². The Balaban J connectivity index is 1.62. The zero-order valence-electron chi connectivity index (χ0n) is 23.1. The molecule has 0 atom stereocenters. The van der Waals surface area contributed by atoms with Crippen LogP contribution < -0.4 is 25.8 Å². The minimum atomic E-state index is -4.57. The average Bonchev–Trinajstić information content (AvgIpc) is 2.92. The minimum absolute atomic E-state index is 0.0599. The highest BCUT2D eigenvalue weighted by Gasteiger charge is 2.32. The number of anilines is 2. The number of hydrogen-bond acceptors (Lipinski definition) is 8.